The second kappa shape index (κ2) is 5.27. The van der Waals surface area contributed by atoms with Crippen LogP contribution in [0.15, 0.2) is 54.6 Å². The molecular formula is C14H13NO2. The van der Waals surface area contributed by atoms with Crippen LogP contribution in [0.5, 0.6) is 0 Å². The maximum Gasteiger partial charge on any atom is 0.274 e. The van der Waals surface area contributed by atoms with E-state index in [1.807, 2.05) is 30.3 Å². The summed E-state index contributed by atoms with van der Waals surface area (Å²) in [6.45, 7) is 0. The minimum Gasteiger partial charge on any atom is -0.288 e. The van der Waals surface area contributed by atoms with E-state index in [4.69, 9.17) is 5.21 Å². The Morgan fingerprint density at radius 1 is 0.941 bits per heavy atom. The number of carbonyl (C=O) groups is 1. The summed E-state index contributed by atoms with van der Waals surface area (Å²) in [7, 11) is 0. The molecule has 0 aliphatic carbocycles. The molecule has 0 aliphatic rings. The van der Waals surface area contributed by atoms with Crippen LogP contribution in [0.25, 0.3) is 0 Å². The summed E-state index contributed by atoms with van der Waals surface area (Å²) >= 11 is 0. The predicted octanol–water partition coefficient (Wildman–Crippen LogP) is 2.40. The zero-order valence-electron chi connectivity index (χ0n) is 9.26. The van der Waals surface area contributed by atoms with Crippen LogP contribution in [0, 0.1) is 0 Å². The van der Waals surface area contributed by atoms with Crippen molar-refractivity contribution in [2.45, 2.75) is 6.42 Å². The number of hydrogen-bond donors (Lipinski definition) is 2. The van der Waals surface area contributed by atoms with Gasteiger partial charge in [-0.25, -0.2) is 5.48 Å². The third-order valence-electron chi connectivity index (χ3n) is 2.57. The van der Waals surface area contributed by atoms with Gasteiger partial charge in [0, 0.05) is 5.56 Å². The molecular weight excluding hydrogens is 214 g/mol. The van der Waals surface area contributed by atoms with Crippen molar-refractivity contribution in [1.82, 2.24) is 5.48 Å². The molecule has 2 aromatic rings. The zero-order valence-corrected chi connectivity index (χ0v) is 9.26. The Labute approximate surface area is 99.7 Å². The van der Waals surface area contributed by atoms with E-state index in [-0.39, 0.29) is 0 Å². The molecule has 3 nitrogen and oxygen atoms in total. The van der Waals surface area contributed by atoms with Crippen LogP contribution < -0.4 is 5.48 Å². The number of hydrogen-bond acceptors (Lipinski definition) is 2. The number of carbonyl (C=O) groups excluding carboxylic acids is 1. The number of hydroxylamine groups is 1. The second-order valence-electron chi connectivity index (χ2n) is 3.80. The summed E-state index contributed by atoms with van der Waals surface area (Å²) < 4.78 is 0. The minimum atomic E-state index is -0.490. The molecule has 0 saturated heterocycles. The summed E-state index contributed by atoms with van der Waals surface area (Å²) in [4.78, 5) is 11.1. The Morgan fingerprint density at radius 2 is 1.53 bits per heavy atom. The van der Waals surface area contributed by atoms with Crippen LogP contribution >= 0.6 is 0 Å². The Bertz CT molecular complexity index is 491. The summed E-state index contributed by atoms with van der Waals surface area (Å²) in [6, 6.07) is 17.3. The van der Waals surface area contributed by atoms with Gasteiger partial charge in [-0.1, -0.05) is 42.5 Å². The summed E-state index contributed by atoms with van der Waals surface area (Å²) in [5.74, 6) is -0.490. The van der Waals surface area contributed by atoms with Crippen molar-refractivity contribution >= 4 is 5.91 Å². The molecule has 17 heavy (non-hydrogen) atoms. The highest BCUT2D eigenvalue weighted by molar-refractivity contribution is 5.93. The van der Waals surface area contributed by atoms with Gasteiger partial charge in [0.05, 0.1) is 0 Å². The molecule has 0 aliphatic heterocycles. The van der Waals surface area contributed by atoms with Crippen molar-refractivity contribution in [3.8, 4) is 0 Å². The van der Waals surface area contributed by atoms with E-state index in [9.17, 15) is 4.79 Å². The molecule has 0 fully saturated rings. The van der Waals surface area contributed by atoms with Crippen LogP contribution in [0.4, 0.5) is 0 Å². The maximum atomic E-state index is 11.1. The van der Waals surface area contributed by atoms with Gasteiger partial charge in [0.2, 0.25) is 0 Å². The molecule has 2 aromatic carbocycles. The molecule has 0 aromatic heterocycles. The predicted molar refractivity (Wildman–Crippen MR) is 64.9 cm³/mol. The lowest BCUT2D eigenvalue weighted by Gasteiger charge is -2.03. The molecule has 0 saturated carbocycles. The van der Waals surface area contributed by atoms with Crippen molar-refractivity contribution < 1.29 is 10.0 Å². The fourth-order valence-electron chi connectivity index (χ4n) is 1.67. The Kier molecular flexibility index (Phi) is 3.52. The largest absolute Gasteiger partial charge is 0.288 e. The fourth-order valence-corrected chi connectivity index (χ4v) is 1.67. The van der Waals surface area contributed by atoms with E-state index < -0.39 is 5.91 Å². The lowest BCUT2D eigenvalue weighted by Crippen LogP contribution is -2.18. The first-order valence-corrected chi connectivity index (χ1v) is 5.37. The van der Waals surface area contributed by atoms with Crippen LogP contribution in [0.2, 0.25) is 0 Å². The third-order valence-corrected chi connectivity index (χ3v) is 2.57. The highest BCUT2D eigenvalue weighted by Gasteiger charge is 2.03. The van der Waals surface area contributed by atoms with Gasteiger partial charge in [0.1, 0.15) is 0 Å². The molecule has 86 valence electrons. The quantitative estimate of drug-likeness (QED) is 0.625. The fraction of sp³-hybridized carbons (Fsp3) is 0.0714. The molecule has 0 heterocycles. The first kappa shape index (κ1) is 11.4. The van der Waals surface area contributed by atoms with Gasteiger partial charge >= 0.3 is 0 Å². The van der Waals surface area contributed by atoms with E-state index in [0.29, 0.717) is 5.56 Å². The Morgan fingerprint density at radius 3 is 2.12 bits per heavy atom. The van der Waals surface area contributed by atoms with E-state index >= 15 is 0 Å². The average Bonchev–Trinajstić information content (AvgIpc) is 2.40. The van der Waals surface area contributed by atoms with E-state index in [1.54, 1.807) is 17.6 Å². The average molecular weight is 227 g/mol. The number of nitrogens with one attached hydrogen (secondary N) is 1. The highest BCUT2D eigenvalue weighted by Crippen LogP contribution is 2.10. The molecule has 0 radical (unpaired) electrons. The third kappa shape index (κ3) is 2.92. The van der Waals surface area contributed by atoms with E-state index in [0.717, 1.165) is 12.0 Å². The minimum absolute atomic E-state index is 0.448. The molecule has 2 N–H and O–H groups in total. The first-order valence-electron chi connectivity index (χ1n) is 5.37. The molecule has 0 unspecified atom stereocenters. The molecule has 2 rings (SSSR count). The molecule has 1 amide bonds. The number of benzene rings is 2. The molecule has 0 spiro atoms. The van der Waals surface area contributed by atoms with E-state index in [1.165, 1.54) is 5.56 Å². The zero-order chi connectivity index (χ0) is 12.1. The molecule has 3 heteroatoms. The maximum absolute atomic E-state index is 11.1. The summed E-state index contributed by atoms with van der Waals surface area (Å²) in [6.07, 6.45) is 0.835. The topological polar surface area (TPSA) is 49.3 Å². The van der Waals surface area contributed by atoms with Crippen molar-refractivity contribution in [1.29, 1.82) is 0 Å². The summed E-state index contributed by atoms with van der Waals surface area (Å²) in [5, 5.41) is 8.49. The standard InChI is InChI=1S/C14H13NO2/c16-14(15-17)13-8-6-12(7-9-13)10-11-4-2-1-3-5-11/h1-9,17H,10H2,(H,15,16). The van der Waals surface area contributed by atoms with Crippen molar-refractivity contribution in [3.05, 3.63) is 71.3 Å². The first-order chi connectivity index (χ1) is 8.29. The number of rotatable bonds is 3. The second-order valence-corrected chi connectivity index (χ2v) is 3.80. The van der Waals surface area contributed by atoms with Crippen LogP contribution in [0.3, 0.4) is 0 Å². The van der Waals surface area contributed by atoms with Crippen molar-refractivity contribution in [3.63, 3.8) is 0 Å². The smallest absolute Gasteiger partial charge is 0.274 e. The van der Waals surface area contributed by atoms with Gasteiger partial charge in [-0.15, -0.1) is 0 Å². The highest BCUT2D eigenvalue weighted by atomic mass is 16.5. The van der Waals surface area contributed by atoms with Gasteiger partial charge in [0.25, 0.3) is 5.91 Å². The van der Waals surface area contributed by atoms with Crippen molar-refractivity contribution in [2.75, 3.05) is 0 Å². The van der Waals surface area contributed by atoms with Crippen LogP contribution in [-0.4, -0.2) is 11.1 Å². The van der Waals surface area contributed by atoms with Gasteiger partial charge in [0.15, 0.2) is 0 Å². The lowest BCUT2D eigenvalue weighted by molar-refractivity contribution is 0.0706. The monoisotopic (exact) mass is 227 g/mol. The van der Waals surface area contributed by atoms with E-state index in [2.05, 4.69) is 12.1 Å². The number of amides is 1. The van der Waals surface area contributed by atoms with Gasteiger partial charge in [-0.2, -0.15) is 0 Å². The normalized spacial score (nSPS) is 9.94. The van der Waals surface area contributed by atoms with Gasteiger partial charge in [-0.3, -0.25) is 10.0 Å². The molecule has 0 bridgehead atoms. The Balaban J connectivity index is 2.11. The van der Waals surface area contributed by atoms with Crippen LogP contribution in [0.1, 0.15) is 21.5 Å². The van der Waals surface area contributed by atoms with Crippen molar-refractivity contribution in [2.24, 2.45) is 0 Å². The van der Waals surface area contributed by atoms with Crippen LogP contribution in [-0.2, 0) is 6.42 Å². The summed E-state index contributed by atoms with van der Waals surface area (Å²) in [5.41, 5.74) is 4.42. The lowest BCUT2D eigenvalue weighted by atomic mass is 10.0. The SMILES string of the molecule is O=C(NO)c1ccc(Cc2ccccc2)cc1. The Hall–Kier alpha value is -2.13. The van der Waals surface area contributed by atoms with Gasteiger partial charge < -0.3 is 0 Å². The molecule has 0 atom stereocenters. The van der Waals surface area contributed by atoms with Gasteiger partial charge in [-0.05, 0) is 29.7 Å².